The number of rotatable bonds is 5. The monoisotopic (exact) mass is 206 g/mol. The first kappa shape index (κ1) is 12.2. The van der Waals surface area contributed by atoms with Gasteiger partial charge in [0.15, 0.2) is 0 Å². The van der Waals surface area contributed by atoms with Gasteiger partial charge in [0.25, 0.3) is 0 Å². The molecule has 0 amide bonds. The Morgan fingerprint density at radius 2 is 1.93 bits per heavy atom. The first-order valence-corrected chi connectivity index (χ1v) is 5.64. The van der Waals surface area contributed by atoms with Crippen LogP contribution in [0.5, 0.6) is 0 Å². The van der Waals surface area contributed by atoms with Gasteiger partial charge in [-0.15, -0.1) is 0 Å². The van der Waals surface area contributed by atoms with Crippen molar-refractivity contribution in [2.75, 3.05) is 0 Å². The molecule has 1 atom stereocenters. The van der Waals surface area contributed by atoms with Crippen molar-refractivity contribution < 1.29 is 0 Å². The summed E-state index contributed by atoms with van der Waals surface area (Å²) in [6, 6.07) is 8.88. The van der Waals surface area contributed by atoms with Crippen molar-refractivity contribution >= 4 is 0 Å². The maximum atomic E-state index is 5.57. The summed E-state index contributed by atoms with van der Waals surface area (Å²) < 4.78 is 0. The Kier molecular flexibility index (Phi) is 4.79. The second-order valence-corrected chi connectivity index (χ2v) is 4.62. The van der Waals surface area contributed by atoms with Crippen LogP contribution in [0.4, 0.5) is 0 Å². The van der Waals surface area contributed by atoms with Crippen LogP contribution in [0.2, 0.25) is 0 Å². The van der Waals surface area contributed by atoms with Gasteiger partial charge >= 0.3 is 0 Å². The van der Waals surface area contributed by atoms with Crippen LogP contribution in [0.3, 0.4) is 0 Å². The van der Waals surface area contributed by atoms with Crippen molar-refractivity contribution in [2.45, 2.75) is 39.7 Å². The molecule has 2 nitrogen and oxygen atoms in total. The summed E-state index contributed by atoms with van der Waals surface area (Å²) in [5.74, 6) is 6.24. The molecule has 3 N–H and O–H groups in total. The Hall–Kier alpha value is -0.860. The molecule has 84 valence electrons. The maximum absolute atomic E-state index is 5.57. The summed E-state index contributed by atoms with van der Waals surface area (Å²) in [5, 5.41) is 0. The molecule has 0 aliphatic rings. The Labute approximate surface area is 92.8 Å². The standard InChI is InChI=1S/C13H22N2/c1-10(2)8-13(15-14)9-12-7-5-4-6-11(12)3/h4-7,10,13,15H,8-9,14H2,1-3H3. The summed E-state index contributed by atoms with van der Waals surface area (Å²) >= 11 is 0. The van der Waals surface area contributed by atoms with Crippen LogP contribution >= 0.6 is 0 Å². The van der Waals surface area contributed by atoms with Gasteiger partial charge in [0.1, 0.15) is 0 Å². The van der Waals surface area contributed by atoms with E-state index >= 15 is 0 Å². The van der Waals surface area contributed by atoms with Gasteiger partial charge in [0.05, 0.1) is 0 Å². The predicted molar refractivity (Wildman–Crippen MR) is 65.4 cm³/mol. The molecule has 2 heteroatoms. The molecule has 0 radical (unpaired) electrons. The van der Waals surface area contributed by atoms with Crippen LogP contribution in [0.25, 0.3) is 0 Å². The highest BCUT2D eigenvalue weighted by Crippen LogP contribution is 2.13. The van der Waals surface area contributed by atoms with E-state index in [2.05, 4.69) is 50.5 Å². The molecule has 0 saturated heterocycles. The number of hydrogen-bond donors (Lipinski definition) is 2. The molecule has 1 rings (SSSR count). The van der Waals surface area contributed by atoms with E-state index in [1.807, 2.05) is 0 Å². The summed E-state index contributed by atoms with van der Waals surface area (Å²) in [6.07, 6.45) is 2.13. The minimum atomic E-state index is 0.381. The second kappa shape index (κ2) is 5.89. The maximum Gasteiger partial charge on any atom is 0.0253 e. The van der Waals surface area contributed by atoms with Crippen LogP contribution in [-0.4, -0.2) is 6.04 Å². The van der Waals surface area contributed by atoms with Crippen LogP contribution in [-0.2, 0) is 6.42 Å². The fourth-order valence-corrected chi connectivity index (χ4v) is 1.88. The van der Waals surface area contributed by atoms with Gasteiger partial charge in [0.2, 0.25) is 0 Å². The van der Waals surface area contributed by atoms with E-state index in [9.17, 15) is 0 Å². The fourth-order valence-electron chi connectivity index (χ4n) is 1.88. The molecule has 0 aliphatic carbocycles. The van der Waals surface area contributed by atoms with Crippen LogP contribution < -0.4 is 11.3 Å². The van der Waals surface area contributed by atoms with Gasteiger partial charge in [-0.3, -0.25) is 11.3 Å². The third-order valence-corrected chi connectivity index (χ3v) is 2.72. The van der Waals surface area contributed by atoms with Crippen molar-refractivity contribution in [3.63, 3.8) is 0 Å². The van der Waals surface area contributed by atoms with E-state index in [4.69, 9.17) is 5.84 Å². The number of hydrazine groups is 1. The van der Waals surface area contributed by atoms with Gasteiger partial charge in [0, 0.05) is 6.04 Å². The molecule has 0 saturated carbocycles. The van der Waals surface area contributed by atoms with Crippen LogP contribution in [0, 0.1) is 12.8 Å². The van der Waals surface area contributed by atoms with Crippen LogP contribution in [0.15, 0.2) is 24.3 Å². The predicted octanol–water partition coefficient (Wildman–Crippen LogP) is 2.42. The Morgan fingerprint density at radius 3 is 2.47 bits per heavy atom. The van der Waals surface area contributed by atoms with Gasteiger partial charge < -0.3 is 0 Å². The average Bonchev–Trinajstić information content (AvgIpc) is 2.19. The van der Waals surface area contributed by atoms with E-state index in [1.165, 1.54) is 11.1 Å². The molecule has 0 heterocycles. The third kappa shape index (κ3) is 4.02. The molecular weight excluding hydrogens is 184 g/mol. The minimum absolute atomic E-state index is 0.381. The lowest BCUT2D eigenvalue weighted by atomic mass is 9.95. The van der Waals surface area contributed by atoms with E-state index in [1.54, 1.807) is 0 Å². The zero-order valence-electron chi connectivity index (χ0n) is 9.96. The van der Waals surface area contributed by atoms with Gasteiger partial charge in [-0.2, -0.15) is 0 Å². The summed E-state index contributed by atoms with van der Waals surface area (Å²) in [5.41, 5.74) is 5.65. The summed E-state index contributed by atoms with van der Waals surface area (Å²) in [6.45, 7) is 6.60. The van der Waals surface area contributed by atoms with E-state index < -0.39 is 0 Å². The Morgan fingerprint density at radius 1 is 1.27 bits per heavy atom. The molecule has 0 aromatic heterocycles. The molecule has 0 bridgehead atoms. The number of hydrogen-bond acceptors (Lipinski definition) is 2. The first-order valence-electron chi connectivity index (χ1n) is 5.64. The first-order chi connectivity index (χ1) is 7.13. The van der Waals surface area contributed by atoms with Crippen molar-refractivity contribution in [3.05, 3.63) is 35.4 Å². The number of aryl methyl sites for hydroxylation is 1. The second-order valence-electron chi connectivity index (χ2n) is 4.62. The third-order valence-electron chi connectivity index (χ3n) is 2.72. The molecule has 0 aliphatic heterocycles. The SMILES string of the molecule is Cc1ccccc1CC(CC(C)C)NN. The molecule has 1 aromatic rings. The Bertz CT molecular complexity index is 294. The topological polar surface area (TPSA) is 38.0 Å². The molecular formula is C13H22N2. The lowest BCUT2D eigenvalue weighted by Gasteiger charge is -2.19. The van der Waals surface area contributed by atoms with Gasteiger partial charge in [-0.05, 0) is 36.8 Å². The highest BCUT2D eigenvalue weighted by atomic mass is 15.2. The number of nitrogens with one attached hydrogen (secondary N) is 1. The zero-order chi connectivity index (χ0) is 11.3. The number of benzene rings is 1. The van der Waals surface area contributed by atoms with Crippen molar-refractivity contribution in [1.29, 1.82) is 0 Å². The summed E-state index contributed by atoms with van der Waals surface area (Å²) in [7, 11) is 0. The minimum Gasteiger partial charge on any atom is -0.271 e. The molecule has 15 heavy (non-hydrogen) atoms. The average molecular weight is 206 g/mol. The number of nitrogens with two attached hydrogens (primary N) is 1. The van der Waals surface area contributed by atoms with Crippen molar-refractivity contribution in [3.8, 4) is 0 Å². The van der Waals surface area contributed by atoms with E-state index in [-0.39, 0.29) is 0 Å². The lowest BCUT2D eigenvalue weighted by Crippen LogP contribution is -2.37. The highest BCUT2D eigenvalue weighted by molar-refractivity contribution is 5.26. The van der Waals surface area contributed by atoms with Crippen molar-refractivity contribution in [1.82, 2.24) is 5.43 Å². The largest absolute Gasteiger partial charge is 0.271 e. The van der Waals surface area contributed by atoms with Crippen molar-refractivity contribution in [2.24, 2.45) is 11.8 Å². The van der Waals surface area contributed by atoms with Gasteiger partial charge in [-0.1, -0.05) is 38.1 Å². The van der Waals surface area contributed by atoms with Gasteiger partial charge in [-0.25, -0.2) is 0 Å². The van der Waals surface area contributed by atoms with Crippen LogP contribution in [0.1, 0.15) is 31.4 Å². The smallest absolute Gasteiger partial charge is 0.0253 e. The fraction of sp³-hybridized carbons (Fsp3) is 0.538. The van der Waals surface area contributed by atoms with E-state index in [0.29, 0.717) is 12.0 Å². The van der Waals surface area contributed by atoms with E-state index in [0.717, 1.165) is 12.8 Å². The quantitative estimate of drug-likeness (QED) is 0.573. The highest BCUT2D eigenvalue weighted by Gasteiger charge is 2.10. The Balaban J connectivity index is 2.62. The molecule has 0 spiro atoms. The molecule has 1 aromatic carbocycles. The summed E-state index contributed by atoms with van der Waals surface area (Å²) in [4.78, 5) is 0. The lowest BCUT2D eigenvalue weighted by molar-refractivity contribution is 0.423. The molecule has 0 fully saturated rings. The normalized spacial score (nSPS) is 13.1. The zero-order valence-corrected chi connectivity index (χ0v) is 9.96. The molecule has 1 unspecified atom stereocenters.